The van der Waals surface area contributed by atoms with Crippen molar-refractivity contribution in [3.8, 4) is 0 Å². The molecule has 7 nitrogen and oxygen atoms in total. The Balaban J connectivity index is 2.07. The Kier molecular flexibility index (Phi) is 4.84. The van der Waals surface area contributed by atoms with Crippen molar-refractivity contribution in [1.29, 1.82) is 0 Å². The molecule has 2 rings (SSSR count). The molecule has 2 fully saturated rings. The van der Waals surface area contributed by atoms with E-state index in [2.05, 4.69) is 10.0 Å². The minimum absolute atomic E-state index is 0.0520. The molecule has 0 aromatic carbocycles. The zero-order chi connectivity index (χ0) is 14.5. The lowest BCUT2D eigenvalue weighted by Gasteiger charge is -2.33. The SMILES string of the molecule is [N-]=[N+]=NCC1CC(=O)N(C(C(=O)O)C2CCCCC2)C1. The third kappa shape index (κ3) is 3.22. The number of rotatable bonds is 5. The van der Waals surface area contributed by atoms with Gasteiger partial charge in [0.05, 0.1) is 0 Å². The molecule has 0 bridgehead atoms. The standard InChI is InChI=1S/C13H20N4O3/c14-16-15-7-9-6-11(18)17(8-9)12(13(19)20)10-4-2-1-3-5-10/h9-10,12H,1-8H2,(H,19,20). The Morgan fingerprint density at radius 2 is 2.15 bits per heavy atom. The number of hydrogen-bond acceptors (Lipinski definition) is 3. The van der Waals surface area contributed by atoms with Gasteiger partial charge in [0.1, 0.15) is 6.04 Å². The molecule has 1 heterocycles. The second kappa shape index (κ2) is 6.61. The summed E-state index contributed by atoms with van der Waals surface area (Å²) in [6.45, 7) is 0.654. The van der Waals surface area contributed by atoms with Crippen molar-refractivity contribution in [2.75, 3.05) is 13.1 Å². The zero-order valence-electron chi connectivity index (χ0n) is 11.4. The minimum atomic E-state index is -0.908. The van der Waals surface area contributed by atoms with Crippen LogP contribution in [-0.4, -0.2) is 41.0 Å². The summed E-state index contributed by atoms with van der Waals surface area (Å²) in [5.74, 6) is -1.02. The summed E-state index contributed by atoms with van der Waals surface area (Å²) in [6.07, 6.45) is 5.27. The fourth-order valence-corrected chi connectivity index (χ4v) is 3.39. The summed E-state index contributed by atoms with van der Waals surface area (Å²) in [6, 6.07) is -0.709. The van der Waals surface area contributed by atoms with Gasteiger partial charge in [-0.05, 0) is 30.2 Å². The first-order valence-corrected chi connectivity index (χ1v) is 7.16. The zero-order valence-corrected chi connectivity index (χ0v) is 11.4. The number of azide groups is 1. The summed E-state index contributed by atoms with van der Waals surface area (Å²) >= 11 is 0. The van der Waals surface area contributed by atoms with Gasteiger partial charge in [-0.1, -0.05) is 24.4 Å². The molecule has 2 unspecified atom stereocenters. The lowest BCUT2D eigenvalue weighted by Crippen LogP contribution is -2.47. The van der Waals surface area contributed by atoms with E-state index in [0.29, 0.717) is 6.54 Å². The van der Waals surface area contributed by atoms with E-state index in [-0.39, 0.29) is 30.7 Å². The second-order valence-electron chi connectivity index (χ2n) is 5.71. The van der Waals surface area contributed by atoms with E-state index in [1.54, 1.807) is 0 Å². The van der Waals surface area contributed by atoms with Crippen molar-refractivity contribution in [2.24, 2.45) is 17.0 Å². The molecule has 110 valence electrons. The Hall–Kier alpha value is -1.75. The Morgan fingerprint density at radius 1 is 1.45 bits per heavy atom. The van der Waals surface area contributed by atoms with Gasteiger partial charge in [0.15, 0.2) is 0 Å². The normalized spacial score (nSPS) is 25.3. The van der Waals surface area contributed by atoms with Gasteiger partial charge < -0.3 is 10.0 Å². The summed E-state index contributed by atoms with van der Waals surface area (Å²) < 4.78 is 0. The Bertz CT molecular complexity index is 427. The number of carboxylic acid groups (broad SMARTS) is 1. The van der Waals surface area contributed by atoms with E-state index < -0.39 is 12.0 Å². The summed E-state index contributed by atoms with van der Waals surface area (Å²) in [7, 11) is 0. The van der Waals surface area contributed by atoms with Crippen LogP contribution >= 0.6 is 0 Å². The van der Waals surface area contributed by atoms with Crippen LogP contribution in [0.3, 0.4) is 0 Å². The molecular weight excluding hydrogens is 260 g/mol. The predicted octanol–water partition coefficient (Wildman–Crippen LogP) is 2.18. The fraction of sp³-hybridized carbons (Fsp3) is 0.846. The van der Waals surface area contributed by atoms with Gasteiger partial charge in [0.2, 0.25) is 5.91 Å². The lowest BCUT2D eigenvalue weighted by atomic mass is 9.83. The molecule has 0 spiro atoms. The van der Waals surface area contributed by atoms with Gasteiger partial charge in [-0.15, -0.1) is 0 Å². The third-order valence-electron chi connectivity index (χ3n) is 4.33. The number of carbonyl (C=O) groups is 2. The minimum Gasteiger partial charge on any atom is -0.480 e. The number of hydrogen-bond donors (Lipinski definition) is 1. The number of likely N-dealkylation sites (tertiary alicyclic amines) is 1. The molecule has 0 radical (unpaired) electrons. The van der Waals surface area contributed by atoms with E-state index in [9.17, 15) is 14.7 Å². The van der Waals surface area contributed by atoms with Gasteiger partial charge in [-0.2, -0.15) is 0 Å². The third-order valence-corrected chi connectivity index (χ3v) is 4.33. The fourth-order valence-electron chi connectivity index (χ4n) is 3.39. The monoisotopic (exact) mass is 280 g/mol. The average Bonchev–Trinajstić information content (AvgIpc) is 2.79. The molecule has 2 atom stereocenters. The van der Waals surface area contributed by atoms with E-state index in [4.69, 9.17) is 5.53 Å². The molecule has 1 N–H and O–H groups in total. The number of carbonyl (C=O) groups excluding carboxylic acids is 1. The van der Waals surface area contributed by atoms with Crippen LogP contribution in [0, 0.1) is 11.8 Å². The molecule has 1 amide bonds. The van der Waals surface area contributed by atoms with Crippen molar-refractivity contribution < 1.29 is 14.7 Å². The lowest BCUT2D eigenvalue weighted by molar-refractivity contribution is -0.151. The molecule has 7 heteroatoms. The molecule has 0 aromatic rings. The maximum atomic E-state index is 12.1. The van der Waals surface area contributed by atoms with Crippen molar-refractivity contribution >= 4 is 11.9 Å². The number of carboxylic acids is 1. The highest BCUT2D eigenvalue weighted by Gasteiger charge is 2.41. The number of amides is 1. The molecule has 1 aliphatic carbocycles. The second-order valence-corrected chi connectivity index (χ2v) is 5.71. The summed E-state index contributed by atoms with van der Waals surface area (Å²) in [4.78, 5) is 27.8. The molecule has 0 aromatic heterocycles. The summed E-state index contributed by atoms with van der Waals surface area (Å²) in [5, 5.41) is 13.0. The predicted molar refractivity (Wildman–Crippen MR) is 71.8 cm³/mol. The average molecular weight is 280 g/mol. The van der Waals surface area contributed by atoms with E-state index in [1.165, 1.54) is 4.90 Å². The summed E-state index contributed by atoms with van der Waals surface area (Å²) in [5.41, 5.74) is 8.33. The first kappa shape index (κ1) is 14.7. The van der Waals surface area contributed by atoms with Crippen LogP contribution in [0.25, 0.3) is 10.4 Å². The Labute approximate surface area is 117 Å². The first-order valence-electron chi connectivity index (χ1n) is 7.16. The highest BCUT2D eigenvalue weighted by molar-refractivity contribution is 5.85. The van der Waals surface area contributed by atoms with Crippen LogP contribution in [0.5, 0.6) is 0 Å². The van der Waals surface area contributed by atoms with Gasteiger partial charge in [0.25, 0.3) is 0 Å². The van der Waals surface area contributed by atoms with Crippen molar-refractivity contribution in [1.82, 2.24) is 4.90 Å². The van der Waals surface area contributed by atoms with E-state index in [1.807, 2.05) is 0 Å². The molecule has 1 saturated heterocycles. The maximum Gasteiger partial charge on any atom is 0.326 e. The highest BCUT2D eigenvalue weighted by atomic mass is 16.4. The van der Waals surface area contributed by atoms with E-state index in [0.717, 1.165) is 32.1 Å². The topological polar surface area (TPSA) is 106 Å². The molecule has 2 aliphatic rings. The van der Waals surface area contributed by atoms with Crippen molar-refractivity contribution in [3.63, 3.8) is 0 Å². The molecular formula is C13H20N4O3. The number of aliphatic carboxylic acids is 1. The van der Waals surface area contributed by atoms with Crippen LogP contribution in [-0.2, 0) is 9.59 Å². The van der Waals surface area contributed by atoms with Crippen LogP contribution in [0.15, 0.2) is 5.11 Å². The van der Waals surface area contributed by atoms with Gasteiger partial charge in [-0.3, -0.25) is 4.79 Å². The van der Waals surface area contributed by atoms with E-state index >= 15 is 0 Å². The van der Waals surface area contributed by atoms with Crippen molar-refractivity contribution in [2.45, 2.75) is 44.6 Å². The smallest absolute Gasteiger partial charge is 0.326 e. The molecule has 1 saturated carbocycles. The largest absolute Gasteiger partial charge is 0.480 e. The van der Waals surface area contributed by atoms with Gasteiger partial charge >= 0.3 is 5.97 Å². The number of nitrogens with zero attached hydrogens (tertiary/aromatic N) is 4. The van der Waals surface area contributed by atoms with Crippen molar-refractivity contribution in [3.05, 3.63) is 10.4 Å². The first-order chi connectivity index (χ1) is 9.63. The quantitative estimate of drug-likeness (QED) is 0.473. The maximum absolute atomic E-state index is 12.1. The Morgan fingerprint density at radius 3 is 2.75 bits per heavy atom. The van der Waals surface area contributed by atoms with Gasteiger partial charge in [0, 0.05) is 24.4 Å². The molecule has 20 heavy (non-hydrogen) atoms. The highest BCUT2D eigenvalue weighted by Crippen LogP contribution is 2.32. The van der Waals surface area contributed by atoms with Crippen LogP contribution in [0.1, 0.15) is 38.5 Å². The van der Waals surface area contributed by atoms with Crippen LogP contribution in [0.2, 0.25) is 0 Å². The van der Waals surface area contributed by atoms with Gasteiger partial charge in [-0.25, -0.2) is 4.79 Å². The van der Waals surface area contributed by atoms with Crippen LogP contribution < -0.4 is 0 Å². The molecule has 1 aliphatic heterocycles. The van der Waals surface area contributed by atoms with Crippen LogP contribution in [0.4, 0.5) is 0 Å².